The molecule has 0 aromatic heterocycles. The molecule has 1 saturated heterocycles. The van der Waals surface area contributed by atoms with Crippen LogP contribution < -0.4 is 13.8 Å². The van der Waals surface area contributed by atoms with Crippen LogP contribution in [-0.4, -0.2) is 47.0 Å². The summed E-state index contributed by atoms with van der Waals surface area (Å²) in [5.41, 5.74) is -3.21. The number of rotatable bonds is 14. The molecule has 1 amide bonds. The number of nitrogens with zero attached hydrogens (tertiary/aromatic N) is 1. The number of amides is 1. The number of carbonyl (C=O) groups excluding carboxylic acids is 2. The van der Waals surface area contributed by atoms with E-state index in [4.69, 9.17) is 4.74 Å². The van der Waals surface area contributed by atoms with Crippen molar-refractivity contribution < 1.29 is 52.9 Å². The first-order chi connectivity index (χ1) is 21.9. The van der Waals surface area contributed by atoms with Crippen LogP contribution in [0.2, 0.25) is 0 Å². The van der Waals surface area contributed by atoms with Gasteiger partial charge in [-0.25, -0.2) is 17.5 Å². The van der Waals surface area contributed by atoms with Crippen LogP contribution in [-0.2, 0) is 40.9 Å². The zero-order chi connectivity index (χ0) is 34.6. The van der Waals surface area contributed by atoms with Gasteiger partial charge >= 0.3 is 21.6 Å². The number of hydrogen-bond donors (Lipinski definition) is 1. The monoisotopic (exact) mass is 700 g/mol. The summed E-state index contributed by atoms with van der Waals surface area (Å²) in [5.74, 6) is -2.57. The summed E-state index contributed by atoms with van der Waals surface area (Å²) in [4.78, 5) is 26.9. The first-order valence-corrected chi connectivity index (χ1v) is 17.7. The third kappa shape index (κ3) is 9.29. The van der Waals surface area contributed by atoms with Crippen molar-refractivity contribution in [3.63, 3.8) is 0 Å². The first-order valence-electron chi connectivity index (χ1n) is 14.4. The Morgan fingerprint density at radius 2 is 1.57 bits per heavy atom. The fourth-order valence-corrected chi connectivity index (χ4v) is 6.24. The van der Waals surface area contributed by atoms with Crippen LogP contribution >= 0.6 is 0 Å². The molecule has 1 unspecified atom stereocenters. The van der Waals surface area contributed by atoms with Gasteiger partial charge in [0.2, 0.25) is 15.9 Å². The first kappa shape index (κ1) is 35.8. The predicted octanol–water partition coefficient (Wildman–Crippen LogP) is 5.32. The molecule has 3 atom stereocenters. The van der Waals surface area contributed by atoms with Gasteiger partial charge in [-0.3, -0.25) is 9.59 Å². The standard InChI is InChI=1S/C31H32F4N2O8S2/c1-20(38)44-28(22-7-11-24(32)12-8-22)18-17-27-29(23-9-15-26(16-10-23)45-47(42,43)31(33,34)35)37(30(27)39)25-13-5-21(6-14-25)4-3-19-36-46(2,40)41/h5-16,27-29,36H,3-4,17-19H2,1-2H3/t27?,28-,29+/m0/s1. The maximum atomic E-state index is 13.6. The summed E-state index contributed by atoms with van der Waals surface area (Å²) in [6.07, 6.45) is 1.79. The third-order valence-electron chi connectivity index (χ3n) is 7.44. The second-order valence-electron chi connectivity index (χ2n) is 11.0. The molecule has 16 heteroatoms. The van der Waals surface area contributed by atoms with Crippen molar-refractivity contribution in [1.29, 1.82) is 0 Å². The number of alkyl halides is 3. The molecule has 10 nitrogen and oxygen atoms in total. The molecule has 0 saturated carbocycles. The Morgan fingerprint density at radius 3 is 2.13 bits per heavy atom. The predicted molar refractivity (Wildman–Crippen MR) is 164 cm³/mol. The van der Waals surface area contributed by atoms with Crippen LogP contribution in [0.1, 0.15) is 55.0 Å². The molecule has 1 heterocycles. The minimum atomic E-state index is -5.89. The van der Waals surface area contributed by atoms with E-state index in [1.807, 2.05) is 0 Å². The molecule has 0 aliphatic carbocycles. The molecule has 0 bridgehead atoms. The van der Waals surface area contributed by atoms with E-state index in [1.165, 1.54) is 48.2 Å². The highest BCUT2D eigenvalue weighted by Gasteiger charge is 2.50. The summed E-state index contributed by atoms with van der Waals surface area (Å²) in [5, 5.41) is 0. The lowest BCUT2D eigenvalue weighted by molar-refractivity contribution is -0.147. The number of nitrogens with one attached hydrogen (secondary N) is 1. The number of anilines is 1. The molecule has 3 aromatic rings. The molecule has 3 aromatic carbocycles. The Bertz CT molecular complexity index is 1780. The highest BCUT2D eigenvalue weighted by Crippen LogP contribution is 2.47. The van der Waals surface area contributed by atoms with Gasteiger partial charge in [0, 0.05) is 19.2 Å². The quantitative estimate of drug-likeness (QED) is 0.0596. The van der Waals surface area contributed by atoms with Gasteiger partial charge in [0.1, 0.15) is 17.7 Å². The Kier molecular flexibility index (Phi) is 11.0. The molecule has 1 aliphatic heterocycles. The molecule has 1 fully saturated rings. The summed E-state index contributed by atoms with van der Waals surface area (Å²) < 4.78 is 110. The van der Waals surface area contributed by atoms with Crippen molar-refractivity contribution >= 4 is 37.7 Å². The molecule has 1 aliphatic rings. The second-order valence-corrected chi connectivity index (χ2v) is 14.3. The van der Waals surface area contributed by atoms with Gasteiger partial charge in [0.25, 0.3) is 0 Å². The second kappa shape index (κ2) is 14.4. The summed E-state index contributed by atoms with van der Waals surface area (Å²) in [6, 6.07) is 16.6. The number of β-lactam (4-membered cyclic amide) rings is 1. The zero-order valence-corrected chi connectivity index (χ0v) is 26.9. The molecule has 4 rings (SSSR count). The lowest BCUT2D eigenvalue weighted by Gasteiger charge is -2.48. The van der Waals surface area contributed by atoms with Gasteiger partial charge in [-0.1, -0.05) is 36.4 Å². The lowest BCUT2D eigenvalue weighted by atomic mass is 9.78. The van der Waals surface area contributed by atoms with Crippen LogP contribution in [0, 0.1) is 11.7 Å². The van der Waals surface area contributed by atoms with Crippen LogP contribution in [0.3, 0.4) is 0 Å². The van der Waals surface area contributed by atoms with Gasteiger partial charge in [-0.2, -0.15) is 21.6 Å². The number of esters is 1. The molecule has 47 heavy (non-hydrogen) atoms. The van der Waals surface area contributed by atoms with Gasteiger partial charge in [0.05, 0.1) is 18.2 Å². The average molecular weight is 701 g/mol. The van der Waals surface area contributed by atoms with Crippen LogP contribution in [0.25, 0.3) is 0 Å². The van der Waals surface area contributed by atoms with Crippen molar-refractivity contribution in [2.45, 2.75) is 50.3 Å². The Labute approximate surface area is 269 Å². The van der Waals surface area contributed by atoms with E-state index in [0.717, 1.165) is 24.0 Å². The van der Waals surface area contributed by atoms with Crippen molar-refractivity contribution in [2.24, 2.45) is 5.92 Å². The Balaban J connectivity index is 1.57. The van der Waals surface area contributed by atoms with Crippen LogP contribution in [0.4, 0.5) is 23.2 Å². The number of sulfonamides is 1. The van der Waals surface area contributed by atoms with Gasteiger partial charge in [0.15, 0.2) is 0 Å². The number of ether oxygens (including phenoxy) is 1. The molecule has 254 valence electrons. The smallest absolute Gasteiger partial charge is 0.458 e. The number of benzene rings is 3. The number of aryl methyl sites for hydroxylation is 1. The molecular weight excluding hydrogens is 668 g/mol. The number of hydrogen-bond acceptors (Lipinski definition) is 8. The van der Waals surface area contributed by atoms with E-state index in [9.17, 15) is 44.0 Å². The van der Waals surface area contributed by atoms with E-state index in [2.05, 4.69) is 8.91 Å². The highest BCUT2D eigenvalue weighted by atomic mass is 32.2. The Morgan fingerprint density at radius 1 is 0.957 bits per heavy atom. The summed E-state index contributed by atoms with van der Waals surface area (Å²) in [7, 11) is -9.20. The maximum absolute atomic E-state index is 13.6. The highest BCUT2D eigenvalue weighted by molar-refractivity contribution is 7.88. The minimum Gasteiger partial charge on any atom is -0.458 e. The van der Waals surface area contributed by atoms with Crippen LogP contribution in [0.15, 0.2) is 72.8 Å². The van der Waals surface area contributed by atoms with E-state index in [0.29, 0.717) is 29.7 Å². The molecular formula is C31H32F4N2O8S2. The van der Waals surface area contributed by atoms with E-state index < -0.39 is 61.2 Å². The van der Waals surface area contributed by atoms with E-state index in [1.54, 1.807) is 24.3 Å². The van der Waals surface area contributed by atoms with Gasteiger partial charge < -0.3 is 13.8 Å². The van der Waals surface area contributed by atoms with E-state index in [-0.39, 0.29) is 25.3 Å². The molecule has 1 N–H and O–H groups in total. The van der Waals surface area contributed by atoms with Crippen molar-refractivity contribution in [1.82, 2.24) is 4.72 Å². The number of carbonyl (C=O) groups is 2. The van der Waals surface area contributed by atoms with Gasteiger partial charge in [-0.15, -0.1) is 0 Å². The lowest BCUT2D eigenvalue weighted by Crippen LogP contribution is -2.55. The summed E-state index contributed by atoms with van der Waals surface area (Å²) >= 11 is 0. The number of halogens is 4. The fraction of sp³-hybridized carbons (Fsp3) is 0.355. The minimum absolute atomic E-state index is 0.192. The normalized spacial score (nSPS) is 17.6. The topological polar surface area (TPSA) is 136 Å². The Hall–Kier alpha value is -4.02. The molecule has 0 radical (unpaired) electrons. The average Bonchev–Trinajstić information content (AvgIpc) is 2.98. The van der Waals surface area contributed by atoms with Crippen LogP contribution in [0.5, 0.6) is 5.75 Å². The van der Waals surface area contributed by atoms with Gasteiger partial charge in [-0.05, 0) is 78.8 Å². The zero-order valence-electron chi connectivity index (χ0n) is 25.2. The largest absolute Gasteiger partial charge is 0.534 e. The third-order valence-corrected chi connectivity index (χ3v) is 9.14. The van der Waals surface area contributed by atoms with Crippen molar-refractivity contribution in [2.75, 3.05) is 17.7 Å². The SMILES string of the molecule is CC(=O)O[C@@H](CCC1C(=O)N(c2ccc(CCCNS(C)(=O)=O)cc2)[C@@H]1c1ccc(OS(=O)(=O)C(F)(F)F)cc1)c1ccc(F)cc1. The fourth-order valence-electron chi connectivity index (χ4n) is 5.27. The van der Waals surface area contributed by atoms with E-state index >= 15 is 0 Å². The van der Waals surface area contributed by atoms with Crippen molar-refractivity contribution in [3.05, 3.63) is 95.3 Å². The molecule has 0 spiro atoms. The maximum Gasteiger partial charge on any atom is 0.534 e. The summed E-state index contributed by atoms with van der Waals surface area (Å²) in [6.45, 7) is 1.48. The van der Waals surface area contributed by atoms with Crippen molar-refractivity contribution in [3.8, 4) is 5.75 Å².